The van der Waals surface area contributed by atoms with E-state index in [0.29, 0.717) is 14.9 Å². The van der Waals surface area contributed by atoms with Crippen molar-refractivity contribution >= 4 is 45.4 Å². The monoisotopic (exact) mass is 288 g/mol. The van der Waals surface area contributed by atoms with Crippen LogP contribution >= 0.6 is 22.9 Å². The minimum absolute atomic E-state index is 0.172. The maximum absolute atomic E-state index is 12.0. The Balaban J connectivity index is 1.87. The van der Waals surface area contributed by atoms with Gasteiger partial charge in [-0.3, -0.25) is 9.78 Å². The summed E-state index contributed by atoms with van der Waals surface area (Å²) >= 11 is 7.06. The molecular weight excluding hydrogens is 280 g/mol. The Bertz CT molecular complexity index is 754. The van der Waals surface area contributed by atoms with E-state index in [2.05, 4.69) is 10.3 Å². The third-order valence-corrected chi connectivity index (χ3v) is 3.88. The number of hydrogen-bond acceptors (Lipinski definition) is 3. The van der Waals surface area contributed by atoms with Crippen molar-refractivity contribution in [3.63, 3.8) is 0 Å². The highest BCUT2D eigenvalue weighted by molar-refractivity contribution is 7.18. The Kier molecular flexibility index (Phi) is 3.19. The van der Waals surface area contributed by atoms with Crippen LogP contribution in [0.3, 0.4) is 0 Å². The Morgan fingerprint density at radius 2 is 2.05 bits per heavy atom. The first-order chi connectivity index (χ1) is 9.22. The van der Waals surface area contributed by atoms with Crippen molar-refractivity contribution in [3.05, 3.63) is 57.9 Å². The molecule has 1 aromatic carbocycles. The molecule has 0 aliphatic rings. The number of carbonyl (C=O) groups is 1. The molecule has 0 unspecified atom stereocenters. The summed E-state index contributed by atoms with van der Waals surface area (Å²) in [5.41, 5.74) is 1.58. The Labute approximate surface area is 118 Å². The average molecular weight is 289 g/mol. The fourth-order valence-electron chi connectivity index (χ4n) is 1.77. The second kappa shape index (κ2) is 4.99. The van der Waals surface area contributed by atoms with Crippen molar-refractivity contribution < 1.29 is 4.79 Å². The fourth-order valence-corrected chi connectivity index (χ4v) is 2.71. The van der Waals surface area contributed by atoms with Gasteiger partial charge in [-0.1, -0.05) is 29.8 Å². The van der Waals surface area contributed by atoms with Crippen molar-refractivity contribution in [3.8, 4) is 0 Å². The number of halogens is 1. The molecule has 0 saturated heterocycles. The number of nitrogens with one attached hydrogen (secondary N) is 1. The van der Waals surface area contributed by atoms with E-state index in [1.807, 2.05) is 30.3 Å². The second-order valence-corrected chi connectivity index (χ2v) is 5.69. The van der Waals surface area contributed by atoms with Crippen LogP contribution < -0.4 is 5.32 Å². The van der Waals surface area contributed by atoms with E-state index >= 15 is 0 Å². The number of aromatic nitrogens is 1. The van der Waals surface area contributed by atoms with Gasteiger partial charge in [0, 0.05) is 5.39 Å². The summed E-state index contributed by atoms with van der Waals surface area (Å²) < 4.78 is 0.599. The van der Waals surface area contributed by atoms with Crippen molar-refractivity contribution in [1.82, 2.24) is 4.98 Å². The molecule has 0 saturated carbocycles. The number of anilines is 1. The van der Waals surface area contributed by atoms with Gasteiger partial charge in [0.2, 0.25) is 0 Å². The SMILES string of the molecule is O=C(Nc1cnc2ccccc2c1)c1ccc(Cl)s1. The number of fused-ring (bicyclic) bond motifs is 1. The van der Waals surface area contributed by atoms with Crippen LogP contribution in [0.15, 0.2) is 48.7 Å². The first-order valence-corrected chi connectivity index (χ1v) is 6.83. The molecule has 1 N–H and O–H groups in total. The first-order valence-electron chi connectivity index (χ1n) is 5.64. The van der Waals surface area contributed by atoms with E-state index in [9.17, 15) is 4.79 Å². The summed E-state index contributed by atoms with van der Waals surface area (Å²) in [7, 11) is 0. The summed E-state index contributed by atoms with van der Waals surface area (Å²) in [4.78, 5) is 16.9. The fraction of sp³-hybridized carbons (Fsp3) is 0. The minimum atomic E-state index is -0.172. The van der Waals surface area contributed by atoms with Crippen LogP contribution in [0.1, 0.15) is 9.67 Å². The second-order valence-electron chi connectivity index (χ2n) is 3.97. The zero-order valence-corrected chi connectivity index (χ0v) is 11.3. The standard InChI is InChI=1S/C14H9ClN2OS/c15-13-6-5-12(19-13)14(18)17-10-7-9-3-1-2-4-11(9)16-8-10/h1-8H,(H,17,18). The Morgan fingerprint density at radius 3 is 2.84 bits per heavy atom. The molecule has 2 heterocycles. The van der Waals surface area contributed by atoms with Gasteiger partial charge in [0.25, 0.3) is 5.91 Å². The van der Waals surface area contributed by atoms with Gasteiger partial charge >= 0.3 is 0 Å². The molecular formula is C14H9ClN2OS. The van der Waals surface area contributed by atoms with Gasteiger partial charge in [0.15, 0.2) is 0 Å². The van der Waals surface area contributed by atoms with Gasteiger partial charge in [0.1, 0.15) is 0 Å². The summed E-state index contributed by atoms with van der Waals surface area (Å²) in [6, 6.07) is 13.1. The van der Waals surface area contributed by atoms with Gasteiger partial charge in [-0.15, -0.1) is 11.3 Å². The smallest absolute Gasteiger partial charge is 0.265 e. The molecule has 2 aromatic heterocycles. The lowest BCUT2D eigenvalue weighted by Gasteiger charge is -2.04. The maximum atomic E-state index is 12.0. The molecule has 3 rings (SSSR count). The van der Waals surface area contributed by atoms with Crippen LogP contribution in [0.5, 0.6) is 0 Å². The summed E-state index contributed by atoms with van der Waals surface area (Å²) in [5, 5.41) is 3.80. The molecule has 0 atom stereocenters. The lowest BCUT2D eigenvalue weighted by atomic mass is 10.2. The molecule has 0 aliphatic carbocycles. The van der Waals surface area contributed by atoms with Crippen LogP contribution in [0.25, 0.3) is 10.9 Å². The Hall–Kier alpha value is -1.91. The quantitative estimate of drug-likeness (QED) is 0.768. The number of hydrogen-bond donors (Lipinski definition) is 1. The number of pyridine rings is 1. The molecule has 0 fully saturated rings. The third kappa shape index (κ3) is 2.59. The first kappa shape index (κ1) is 12.1. The van der Waals surface area contributed by atoms with Crippen LogP contribution in [0.4, 0.5) is 5.69 Å². The van der Waals surface area contributed by atoms with Crippen LogP contribution in [0.2, 0.25) is 4.34 Å². The van der Waals surface area contributed by atoms with Gasteiger partial charge in [-0.05, 0) is 24.3 Å². The maximum Gasteiger partial charge on any atom is 0.265 e. The summed E-state index contributed by atoms with van der Waals surface area (Å²) in [6.45, 7) is 0. The highest BCUT2D eigenvalue weighted by atomic mass is 35.5. The molecule has 3 aromatic rings. The molecule has 1 amide bonds. The van der Waals surface area contributed by atoms with E-state index < -0.39 is 0 Å². The zero-order chi connectivity index (χ0) is 13.2. The molecule has 0 radical (unpaired) electrons. The number of thiophene rings is 1. The molecule has 0 bridgehead atoms. The Morgan fingerprint density at radius 1 is 1.21 bits per heavy atom. The number of para-hydroxylation sites is 1. The number of rotatable bonds is 2. The summed E-state index contributed by atoms with van der Waals surface area (Å²) in [5.74, 6) is -0.172. The molecule has 19 heavy (non-hydrogen) atoms. The number of nitrogens with zero attached hydrogens (tertiary/aromatic N) is 1. The van der Waals surface area contributed by atoms with Crippen LogP contribution in [0, 0.1) is 0 Å². The zero-order valence-electron chi connectivity index (χ0n) is 9.76. The normalized spacial score (nSPS) is 10.6. The van der Waals surface area contributed by atoms with Crippen molar-refractivity contribution in [2.75, 3.05) is 5.32 Å². The van der Waals surface area contributed by atoms with Gasteiger partial charge in [-0.2, -0.15) is 0 Å². The van der Waals surface area contributed by atoms with E-state index in [4.69, 9.17) is 11.6 Å². The predicted molar refractivity (Wildman–Crippen MR) is 79.0 cm³/mol. The summed E-state index contributed by atoms with van der Waals surface area (Å²) in [6.07, 6.45) is 1.65. The van der Waals surface area contributed by atoms with Gasteiger partial charge in [0.05, 0.1) is 26.6 Å². The van der Waals surface area contributed by atoms with E-state index in [1.165, 1.54) is 11.3 Å². The van der Waals surface area contributed by atoms with E-state index in [0.717, 1.165) is 10.9 Å². The topological polar surface area (TPSA) is 42.0 Å². The van der Waals surface area contributed by atoms with Gasteiger partial charge in [-0.25, -0.2) is 0 Å². The molecule has 0 spiro atoms. The number of amides is 1. The van der Waals surface area contributed by atoms with Crippen LogP contribution in [-0.4, -0.2) is 10.9 Å². The molecule has 94 valence electrons. The lowest BCUT2D eigenvalue weighted by Crippen LogP contribution is -2.10. The largest absolute Gasteiger partial charge is 0.320 e. The average Bonchev–Trinajstić information content (AvgIpc) is 2.85. The minimum Gasteiger partial charge on any atom is -0.320 e. The number of benzene rings is 1. The van der Waals surface area contributed by atoms with E-state index in [-0.39, 0.29) is 5.91 Å². The highest BCUT2D eigenvalue weighted by Crippen LogP contribution is 2.23. The predicted octanol–water partition coefficient (Wildman–Crippen LogP) is 4.20. The van der Waals surface area contributed by atoms with Crippen LogP contribution in [-0.2, 0) is 0 Å². The molecule has 3 nitrogen and oxygen atoms in total. The van der Waals surface area contributed by atoms with Crippen molar-refractivity contribution in [2.24, 2.45) is 0 Å². The van der Waals surface area contributed by atoms with E-state index in [1.54, 1.807) is 18.3 Å². The highest BCUT2D eigenvalue weighted by Gasteiger charge is 2.09. The lowest BCUT2D eigenvalue weighted by molar-refractivity contribution is 0.103. The van der Waals surface area contributed by atoms with Gasteiger partial charge < -0.3 is 5.32 Å². The molecule has 5 heteroatoms. The number of carbonyl (C=O) groups excluding carboxylic acids is 1. The van der Waals surface area contributed by atoms with Crippen molar-refractivity contribution in [1.29, 1.82) is 0 Å². The molecule has 0 aliphatic heterocycles. The van der Waals surface area contributed by atoms with Crippen molar-refractivity contribution in [2.45, 2.75) is 0 Å². The third-order valence-electron chi connectivity index (χ3n) is 2.65.